The van der Waals surface area contributed by atoms with Gasteiger partial charge in [0.2, 0.25) is 0 Å². The number of carbonyl (C=O) groups is 1. The molecule has 0 radical (unpaired) electrons. The number of anilines is 1. The fraction of sp³-hybridized carbons (Fsp3) is 0.195. The van der Waals surface area contributed by atoms with Crippen LogP contribution < -0.4 is 16.0 Å². The lowest BCUT2D eigenvalue weighted by Gasteiger charge is -2.28. The van der Waals surface area contributed by atoms with E-state index in [-0.39, 0.29) is 24.3 Å². The van der Waals surface area contributed by atoms with Gasteiger partial charge in [0.15, 0.2) is 5.60 Å². The minimum Gasteiger partial charge on any atom is -0.396 e. The molecule has 8 rings (SSSR count). The molecule has 0 unspecified atom stereocenters. The topological polar surface area (TPSA) is 161 Å². The molecule has 3 aromatic heterocycles. The monoisotopic (exact) mass is 720 g/mol. The van der Waals surface area contributed by atoms with Gasteiger partial charge < -0.3 is 15.1 Å². The van der Waals surface area contributed by atoms with Crippen LogP contribution in [-0.2, 0) is 29.9 Å². The van der Waals surface area contributed by atoms with Crippen LogP contribution in [0.3, 0.4) is 0 Å². The Balaban J connectivity index is 1.11. The van der Waals surface area contributed by atoms with E-state index >= 15 is 0 Å². The van der Waals surface area contributed by atoms with Crippen LogP contribution in [0.1, 0.15) is 30.2 Å². The number of aliphatic hydroxyl groups excluding tert-OH is 1. The number of allylic oxidation sites excluding steroid dienone is 1. The first-order valence-electron chi connectivity index (χ1n) is 17.7. The Morgan fingerprint density at radius 2 is 1.44 bits per heavy atom. The Hall–Kier alpha value is -6.57. The first kappa shape index (κ1) is 34.5. The molecule has 2 atom stereocenters. The second kappa shape index (κ2) is 14.1. The minimum absolute atomic E-state index is 0.00998. The summed E-state index contributed by atoms with van der Waals surface area (Å²) in [6.07, 6.45) is 9.74. The van der Waals surface area contributed by atoms with Crippen molar-refractivity contribution < 1.29 is 15.0 Å². The zero-order valence-corrected chi connectivity index (χ0v) is 29.4. The summed E-state index contributed by atoms with van der Waals surface area (Å²) in [5, 5.41) is 41.1. The van der Waals surface area contributed by atoms with Crippen molar-refractivity contribution in [1.82, 2.24) is 34.6 Å². The Labute approximate surface area is 308 Å². The number of benzene rings is 4. The van der Waals surface area contributed by atoms with Crippen molar-refractivity contribution >= 4 is 33.1 Å². The van der Waals surface area contributed by atoms with Crippen LogP contribution in [0.5, 0.6) is 0 Å². The number of rotatable bonds is 11. The van der Waals surface area contributed by atoms with E-state index in [9.17, 15) is 24.6 Å². The average Bonchev–Trinajstić information content (AvgIpc) is 3.73. The molecule has 13 nitrogen and oxygen atoms in total. The number of nitrogens with zero attached hydrogens (tertiary/aromatic N) is 8. The van der Waals surface area contributed by atoms with Gasteiger partial charge in [0.1, 0.15) is 0 Å². The van der Waals surface area contributed by atoms with Crippen molar-refractivity contribution in [2.24, 2.45) is 5.92 Å². The predicted molar refractivity (Wildman–Crippen MR) is 203 cm³/mol. The van der Waals surface area contributed by atoms with Gasteiger partial charge in [0.05, 0.1) is 52.5 Å². The van der Waals surface area contributed by atoms with Crippen molar-refractivity contribution in [2.45, 2.75) is 38.5 Å². The molecule has 1 aliphatic rings. The molecule has 0 saturated heterocycles. The number of hydrogen-bond donors (Lipinski definition) is 2. The van der Waals surface area contributed by atoms with Gasteiger partial charge in [-0.25, -0.2) is 0 Å². The molecule has 0 spiro atoms. The van der Waals surface area contributed by atoms with Gasteiger partial charge in [-0.2, -0.15) is 19.6 Å². The van der Waals surface area contributed by atoms with E-state index in [1.165, 1.54) is 9.36 Å². The summed E-state index contributed by atoms with van der Waals surface area (Å²) >= 11 is 0. The number of aliphatic hydroxyl groups is 2. The summed E-state index contributed by atoms with van der Waals surface area (Å²) in [5.41, 5.74) is 0.801. The van der Waals surface area contributed by atoms with Crippen LogP contribution >= 0.6 is 0 Å². The fourth-order valence-corrected chi connectivity index (χ4v) is 7.02. The number of fused-ring (bicyclic) bond motifs is 3. The highest BCUT2D eigenvalue weighted by atomic mass is 16.3. The number of aryl methyl sites for hydroxylation is 1. The van der Waals surface area contributed by atoms with Crippen LogP contribution in [0.2, 0.25) is 0 Å². The lowest BCUT2D eigenvalue weighted by molar-refractivity contribution is -0.139. The van der Waals surface area contributed by atoms with E-state index in [0.29, 0.717) is 63.9 Å². The van der Waals surface area contributed by atoms with Crippen LogP contribution in [0.25, 0.3) is 32.9 Å². The van der Waals surface area contributed by atoms with Gasteiger partial charge in [0, 0.05) is 48.0 Å². The smallest absolute Gasteiger partial charge is 0.279 e. The maximum absolute atomic E-state index is 14.5. The number of aromatic nitrogens is 7. The maximum atomic E-state index is 14.5. The van der Waals surface area contributed by atoms with E-state index in [2.05, 4.69) is 20.5 Å². The van der Waals surface area contributed by atoms with Gasteiger partial charge in [0.25, 0.3) is 17.0 Å². The van der Waals surface area contributed by atoms with Crippen molar-refractivity contribution in [2.75, 3.05) is 11.5 Å². The van der Waals surface area contributed by atoms with Crippen molar-refractivity contribution in [3.63, 3.8) is 0 Å². The van der Waals surface area contributed by atoms with Gasteiger partial charge in [-0.1, -0.05) is 72.8 Å². The molecule has 7 aromatic rings. The highest BCUT2D eigenvalue weighted by Crippen LogP contribution is 2.46. The molecule has 0 aliphatic carbocycles. The van der Waals surface area contributed by atoms with Gasteiger partial charge >= 0.3 is 0 Å². The molecule has 2 N–H and O–H groups in total. The number of hydrogen-bond acceptors (Lipinski definition) is 9. The minimum atomic E-state index is -1.97. The zero-order chi connectivity index (χ0) is 37.4. The van der Waals surface area contributed by atoms with Crippen LogP contribution in [-0.4, -0.2) is 57.3 Å². The average molecular weight is 721 g/mol. The van der Waals surface area contributed by atoms with Crippen molar-refractivity contribution in [1.29, 1.82) is 0 Å². The highest BCUT2D eigenvalue weighted by molar-refractivity contribution is 6.07. The summed E-state index contributed by atoms with van der Waals surface area (Å²) in [6.45, 7) is 2.44. The Bertz CT molecular complexity index is 2680. The SMILES string of the molecule is C[C@H](/C=C/CCn1cc(CCO)nn1)[C@@]1(O)C(=O)N(Cc2ccc(-n3ncc4ccccc4c3=O)cc2)c2ccc(-n3ncc4ccccc4c3=O)cc21. The van der Waals surface area contributed by atoms with E-state index in [4.69, 9.17) is 0 Å². The molecule has 0 saturated carbocycles. The Kier molecular flexibility index (Phi) is 9.01. The second-order valence-corrected chi connectivity index (χ2v) is 13.4. The normalized spacial score (nSPS) is 16.1. The molecule has 4 heterocycles. The summed E-state index contributed by atoms with van der Waals surface area (Å²) in [4.78, 5) is 42.7. The molecule has 270 valence electrons. The highest BCUT2D eigenvalue weighted by Gasteiger charge is 2.52. The van der Waals surface area contributed by atoms with Crippen LogP contribution in [0, 0.1) is 5.92 Å². The predicted octanol–water partition coefficient (Wildman–Crippen LogP) is 4.23. The third-order valence-electron chi connectivity index (χ3n) is 9.97. The van der Waals surface area contributed by atoms with Crippen molar-refractivity contribution in [3.05, 3.63) is 159 Å². The Morgan fingerprint density at radius 1 is 0.815 bits per heavy atom. The zero-order valence-electron chi connectivity index (χ0n) is 29.4. The Morgan fingerprint density at radius 3 is 2.11 bits per heavy atom. The third kappa shape index (κ3) is 6.08. The summed E-state index contributed by atoms with van der Waals surface area (Å²) in [5.74, 6) is -1.17. The largest absolute Gasteiger partial charge is 0.396 e. The molecule has 4 aromatic carbocycles. The third-order valence-corrected chi connectivity index (χ3v) is 9.97. The summed E-state index contributed by atoms with van der Waals surface area (Å²) in [6, 6.07) is 26.8. The quantitative estimate of drug-likeness (QED) is 0.187. The first-order chi connectivity index (χ1) is 26.3. The van der Waals surface area contributed by atoms with Gasteiger partial charge in [-0.3, -0.25) is 19.1 Å². The molecular weight excluding hydrogens is 685 g/mol. The number of carbonyl (C=O) groups excluding carboxylic acids is 1. The van der Waals surface area contributed by atoms with E-state index in [1.807, 2.05) is 54.6 Å². The van der Waals surface area contributed by atoms with E-state index in [1.54, 1.807) is 83.6 Å². The van der Waals surface area contributed by atoms with Gasteiger partial charge in [-0.15, -0.1) is 5.10 Å². The van der Waals surface area contributed by atoms with E-state index < -0.39 is 17.4 Å². The second-order valence-electron chi connectivity index (χ2n) is 13.4. The molecular formula is C41H36N8O5. The molecule has 13 heteroatoms. The molecule has 1 aliphatic heterocycles. The van der Waals surface area contributed by atoms with E-state index in [0.717, 1.165) is 10.9 Å². The van der Waals surface area contributed by atoms with Crippen molar-refractivity contribution in [3.8, 4) is 11.4 Å². The standard InChI is InChI=1S/C41H36N8O5/c1-27(8-6-7-20-46-26-31(19-21-50)44-45-46)41(54)36-22-33(49-39(52)35-12-5-3-10-30(35)24-43-49)17-18-37(36)47(40(41)53)25-28-13-15-32(16-14-28)48-38(51)34-11-4-2-9-29(34)23-42-48/h2-6,8-18,22-24,26-27,50,54H,7,19-21,25H2,1H3/b8-6+/t27-,41+/m1/s1. The van der Waals surface area contributed by atoms with Crippen LogP contribution in [0.4, 0.5) is 5.69 Å². The number of amides is 1. The summed E-state index contributed by atoms with van der Waals surface area (Å²) < 4.78 is 4.31. The lowest BCUT2D eigenvalue weighted by atomic mass is 9.82. The first-order valence-corrected chi connectivity index (χ1v) is 17.7. The fourth-order valence-electron chi connectivity index (χ4n) is 7.02. The van der Waals surface area contributed by atoms with Crippen LogP contribution in [0.15, 0.2) is 131 Å². The molecule has 1 amide bonds. The molecule has 0 fully saturated rings. The maximum Gasteiger partial charge on any atom is 0.279 e. The molecule has 0 bridgehead atoms. The lowest BCUT2D eigenvalue weighted by Crippen LogP contribution is -2.44. The van der Waals surface area contributed by atoms with Gasteiger partial charge in [-0.05, 0) is 54.4 Å². The summed E-state index contributed by atoms with van der Waals surface area (Å²) in [7, 11) is 0. The molecule has 54 heavy (non-hydrogen) atoms.